The third-order valence-corrected chi connectivity index (χ3v) is 4.38. The summed E-state index contributed by atoms with van der Waals surface area (Å²) in [7, 11) is 0. The average molecular weight is 446 g/mol. The Kier molecular flexibility index (Phi) is 6.46. The number of hydrogen-bond acceptors (Lipinski definition) is 7. The topological polar surface area (TPSA) is 142 Å². The Morgan fingerprint density at radius 3 is 2.55 bits per heavy atom. The molecule has 1 N–H and O–H groups in total. The number of carbonyl (C=O) groups is 1. The summed E-state index contributed by atoms with van der Waals surface area (Å²) in [6.07, 6.45) is 2.25. The van der Waals surface area contributed by atoms with Crippen molar-refractivity contribution in [2.24, 2.45) is 0 Å². The predicted octanol–water partition coefficient (Wildman–Crippen LogP) is 4.48. The lowest BCUT2D eigenvalue weighted by atomic mass is 10.2. The monoisotopic (exact) mass is 445 g/mol. The molecule has 0 unspecified atom stereocenters. The molecule has 0 aliphatic rings. The second-order valence-corrected chi connectivity index (χ2v) is 6.94. The van der Waals surface area contributed by atoms with E-state index in [2.05, 4.69) is 10.4 Å². The highest BCUT2D eigenvalue weighted by molar-refractivity contribution is 6.30. The molecule has 1 heterocycles. The zero-order chi connectivity index (χ0) is 22.5. The molecule has 12 heteroatoms. The number of hydrogen-bond donors (Lipinski definition) is 1. The quantitative estimate of drug-likeness (QED) is 0.397. The first kappa shape index (κ1) is 21.7. The molecule has 0 aliphatic heterocycles. The average Bonchev–Trinajstić information content (AvgIpc) is 3.18. The molecular formula is C19H16ClN5O6. The lowest BCUT2D eigenvalue weighted by Crippen LogP contribution is -2.15. The van der Waals surface area contributed by atoms with Crippen LogP contribution in [-0.2, 0) is 11.3 Å². The number of aryl methyl sites for hydroxylation is 2. The number of nitrogens with zero attached hydrogens (tertiary/aromatic N) is 4. The van der Waals surface area contributed by atoms with E-state index in [1.54, 1.807) is 25.1 Å². The van der Waals surface area contributed by atoms with E-state index >= 15 is 0 Å². The highest BCUT2D eigenvalue weighted by Crippen LogP contribution is 2.32. The van der Waals surface area contributed by atoms with Crippen molar-refractivity contribution in [2.45, 2.75) is 19.9 Å². The number of benzene rings is 2. The molecular weight excluding hydrogens is 430 g/mol. The highest BCUT2D eigenvalue weighted by atomic mass is 35.5. The number of anilines is 1. The molecule has 0 fully saturated rings. The fraction of sp³-hybridized carbons (Fsp3) is 0.158. The molecule has 0 atom stereocenters. The van der Waals surface area contributed by atoms with Gasteiger partial charge in [-0.05, 0) is 30.7 Å². The third kappa shape index (κ3) is 5.76. The Morgan fingerprint density at radius 2 is 1.90 bits per heavy atom. The van der Waals surface area contributed by atoms with Gasteiger partial charge in [-0.1, -0.05) is 11.6 Å². The van der Waals surface area contributed by atoms with Gasteiger partial charge in [0.1, 0.15) is 23.9 Å². The van der Waals surface area contributed by atoms with Crippen molar-refractivity contribution in [1.82, 2.24) is 9.78 Å². The van der Waals surface area contributed by atoms with Gasteiger partial charge in [0.05, 0.1) is 21.6 Å². The molecule has 31 heavy (non-hydrogen) atoms. The fourth-order valence-corrected chi connectivity index (χ4v) is 2.91. The van der Waals surface area contributed by atoms with E-state index in [1.165, 1.54) is 29.1 Å². The Bertz CT molecular complexity index is 1160. The molecule has 0 radical (unpaired) electrons. The maximum atomic E-state index is 12.3. The first-order valence-electron chi connectivity index (χ1n) is 8.91. The molecule has 3 aromatic rings. The maximum Gasteiger partial charge on any atom is 0.306 e. The number of aromatic nitrogens is 2. The Balaban J connectivity index is 1.72. The van der Waals surface area contributed by atoms with E-state index in [9.17, 15) is 25.0 Å². The first-order valence-corrected chi connectivity index (χ1v) is 9.29. The minimum Gasteiger partial charge on any atom is -0.457 e. The number of rotatable bonds is 8. The molecule has 0 spiro atoms. The molecule has 0 saturated carbocycles. The molecule has 0 saturated heterocycles. The van der Waals surface area contributed by atoms with Crippen LogP contribution in [0, 0.1) is 27.2 Å². The molecule has 3 rings (SSSR count). The third-order valence-electron chi connectivity index (χ3n) is 4.15. The van der Waals surface area contributed by atoms with Crippen LogP contribution in [0.15, 0.2) is 48.8 Å². The van der Waals surface area contributed by atoms with Gasteiger partial charge in [0, 0.05) is 30.1 Å². The maximum absolute atomic E-state index is 12.3. The predicted molar refractivity (Wildman–Crippen MR) is 111 cm³/mol. The summed E-state index contributed by atoms with van der Waals surface area (Å²) in [4.78, 5) is 33.0. The standard InChI is InChI=1S/C19H16ClN5O6/c1-12-6-13(20)2-3-18(12)31-17-8-14(7-15(9-17)24(27)28)22-19(26)4-5-23-11-16(10-21-23)25(29)30/h2-3,6-11H,4-5H2,1H3,(H,22,26). The van der Waals surface area contributed by atoms with Crippen molar-refractivity contribution in [3.63, 3.8) is 0 Å². The summed E-state index contributed by atoms with van der Waals surface area (Å²) in [5.74, 6) is 0.173. The number of nitro benzene ring substituents is 1. The van der Waals surface area contributed by atoms with E-state index in [4.69, 9.17) is 16.3 Å². The van der Waals surface area contributed by atoms with Crippen LogP contribution in [0.25, 0.3) is 0 Å². The summed E-state index contributed by atoms with van der Waals surface area (Å²) >= 11 is 5.93. The summed E-state index contributed by atoms with van der Waals surface area (Å²) in [5.41, 5.74) is 0.464. The van der Waals surface area contributed by atoms with Crippen LogP contribution in [0.4, 0.5) is 17.1 Å². The van der Waals surface area contributed by atoms with E-state index in [1.807, 2.05) is 0 Å². The number of non-ortho nitro benzene ring substituents is 1. The minimum atomic E-state index is -0.597. The van der Waals surface area contributed by atoms with Gasteiger partial charge in [-0.25, -0.2) is 0 Å². The van der Waals surface area contributed by atoms with E-state index in [0.29, 0.717) is 10.8 Å². The SMILES string of the molecule is Cc1cc(Cl)ccc1Oc1cc(NC(=O)CCn2cc([N+](=O)[O-])cn2)cc([N+](=O)[O-])c1. The Morgan fingerprint density at radius 1 is 1.16 bits per heavy atom. The van der Waals surface area contributed by atoms with Gasteiger partial charge in [0.25, 0.3) is 5.69 Å². The van der Waals surface area contributed by atoms with Crippen LogP contribution >= 0.6 is 11.6 Å². The molecule has 160 valence electrons. The number of ether oxygens (including phenoxy) is 1. The van der Waals surface area contributed by atoms with Crippen LogP contribution in [0.5, 0.6) is 11.5 Å². The van der Waals surface area contributed by atoms with E-state index in [-0.39, 0.29) is 35.8 Å². The first-order chi connectivity index (χ1) is 14.7. The van der Waals surface area contributed by atoms with Crippen LogP contribution < -0.4 is 10.1 Å². The highest BCUT2D eigenvalue weighted by Gasteiger charge is 2.15. The number of nitrogens with one attached hydrogen (secondary N) is 1. The molecule has 0 bridgehead atoms. The number of halogens is 1. The number of carbonyl (C=O) groups excluding carboxylic acids is 1. The van der Waals surface area contributed by atoms with Crippen LogP contribution in [0.3, 0.4) is 0 Å². The van der Waals surface area contributed by atoms with Crippen molar-refractivity contribution >= 4 is 34.6 Å². The lowest BCUT2D eigenvalue weighted by molar-refractivity contribution is -0.385. The van der Waals surface area contributed by atoms with Crippen LogP contribution in [0.2, 0.25) is 5.02 Å². The molecule has 1 amide bonds. The van der Waals surface area contributed by atoms with Gasteiger partial charge in [-0.2, -0.15) is 5.10 Å². The zero-order valence-electron chi connectivity index (χ0n) is 16.1. The summed E-state index contributed by atoms with van der Waals surface area (Å²) in [5, 5.41) is 28.9. The molecule has 0 aliphatic carbocycles. The molecule has 2 aromatic carbocycles. The van der Waals surface area contributed by atoms with Crippen LogP contribution in [-0.4, -0.2) is 25.5 Å². The van der Waals surface area contributed by atoms with Gasteiger partial charge in [-0.3, -0.25) is 29.7 Å². The van der Waals surface area contributed by atoms with Gasteiger partial charge >= 0.3 is 5.69 Å². The minimum absolute atomic E-state index is 0.0476. The Hall–Kier alpha value is -3.99. The Labute approximate surface area is 180 Å². The van der Waals surface area contributed by atoms with Gasteiger partial charge in [-0.15, -0.1) is 0 Å². The van der Waals surface area contributed by atoms with Gasteiger partial charge < -0.3 is 10.1 Å². The van der Waals surface area contributed by atoms with Crippen molar-refractivity contribution in [1.29, 1.82) is 0 Å². The summed E-state index contributed by atoms with van der Waals surface area (Å²) in [6.45, 7) is 1.88. The van der Waals surface area contributed by atoms with E-state index < -0.39 is 15.8 Å². The largest absolute Gasteiger partial charge is 0.457 e. The second-order valence-electron chi connectivity index (χ2n) is 6.50. The normalized spacial score (nSPS) is 10.5. The number of amides is 1. The van der Waals surface area contributed by atoms with E-state index in [0.717, 1.165) is 11.8 Å². The van der Waals surface area contributed by atoms with Crippen molar-refractivity contribution < 1.29 is 19.4 Å². The van der Waals surface area contributed by atoms with Crippen molar-refractivity contribution in [3.05, 3.63) is 79.6 Å². The van der Waals surface area contributed by atoms with Gasteiger partial charge in [0.15, 0.2) is 0 Å². The van der Waals surface area contributed by atoms with Crippen LogP contribution in [0.1, 0.15) is 12.0 Å². The van der Waals surface area contributed by atoms with Gasteiger partial charge in [0.2, 0.25) is 5.91 Å². The van der Waals surface area contributed by atoms with Crippen molar-refractivity contribution in [2.75, 3.05) is 5.32 Å². The molecule has 11 nitrogen and oxygen atoms in total. The second kappa shape index (κ2) is 9.22. The lowest BCUT2D eigenvalue weighted by Gasteiger charge is -2.11. The molecule has 1 aromatic heterocycles. The summed E-state index contributed by atoms with van der Waals surface area (Å²) in [6, 6.07) is 8.86. The summed E-state index contributed by atoms with van der Waals surface area (Å²) < 4.78 is 7.01. The van der Waals surface area contributed by atoms with Crippen molar-refractivity contribution in [3.8, 4) is 11.5 Å². The fourth-order valence-electron chi connectivity index (χ4n) is 2.68. The zero-order valence-corrected chi connectivity index (χ0v) is 16.9. The number of nitro groups is 2. The smallest absolute Gasteiger partial charge is 0.306 e.